The van der Waals surface area contributed by atoms with Crippen LogP contribution in [-0.2, 0) is 6.54 Å². The zero-order valence-corrected chi connectivity index (χ0v) is 15.4. The lowest BCUT2D eigenvalue weighted by molar-refractivity contribution is 0.213. The van der Waals surface area contributed by atoms with Crippen molar-refractivity contribution in [3.05, 3.63) is 60.2 Å². The molecule has 0 aromatic heterocycles. The number of nitrogens with zero attached hydrogens (tertiary/aromatic N) is 2. The van der Waals surface area contributed by atoms with Gasteiger partial charge in [0.05, 0.1) is 20.2 Å². The van der Waals surface area contributed by atoms with E-state index >= 15 is 0 Å². The summed E-state index contributed by atoms with van der Waals surface area (Å²) in [7, 11) is 5.59. The zero-order valence-electron chi connectivity index (χ0n) is 15.4. The molecule has 134 valence electrons. The number of rotatable bonds is 7. The molecule has 0 aliphatic rings. The molecule has 25 heavy (non-hydrogen) atoms. The number of nitrogens with one attached hydrogen (secondary N) is 1. The van der Waals surface area contributed by atoms with E-state index in [9.17, 15) is 0 Å². The van der Waals surface area contributed by atoms with E-state index in [4.69, 9.17) is 9.47 Å². The number of methoxy groups -OCH3 is 1. The van der Waals surface area contributed by atoms with Crippen LogP contribution in [0.25, 0.3) is 0 Å². The van der Waals surface area contributed by atoms with Gasteiger partial charge in [0.1, 0.15) is 6.10 Å². The molecule has 5 nitrogen and oxygen atoms in total. The van der Waals surface area contributed by atoms with Crippen molar-refractivity contribution in [3.63, 3.8) is 0 Å². The lowest BCUT2D eigenvalue weighted by Gasteiger charge is -2.21. The van der Waals surface area contributed by atoms with Gasteiger partial charge in [-0.3, -0.25) is 0 Å². The highest BCUT2D eigenvalue weighted by Crippen LogP contribution is 2.26. The highest BCUT2D eigenvalue weighted by atomic mass is 16.5. The first-order chi connectivity index (χ1) is 12.1. The summed E-state index contributed by atoms with van der Waals surface area (Å²) in [6.45, 7) is 3.30. The molecule has 0 heterocycles. The number of ether oxygens (including phenoxy) is 2. The third kappa shape index (κ3) is 6.03. The van der Waals surface area contributed by atoms with Crippen LogP contribution in [0.3, 0.4) is 0 Å². The number of para-hydroxylation sites is 2. The van der Waals surface area contributed by atoms with E-state index in [1.165, 1.54) is 5.56 Å². The van der Waals surface area contributed by atoms with Crippen molar-refractivity contribution in [2.75, 3.05) is 27.7 Å². The lowest BCUT2D eigenvalue weighted by Crippen LogP contribution is -2.41. The molecule has 0 aliphatic heterocycles. The van der Waals surface area contributed by atoms with Gasteiger partial charge in [-0.1, -0.05) is 42.5 Å². The Labute approximate surface area is 150 Å². The minimum Gasteiger partial charge on any atom is -0.493 e. The molecule has 0 saturated carbocycles. The van der Waals surface area contributed by atoms with Gasteiger partial charge in [-0.15, -0.1) is 0 Å². The Hall–Kier alpha value is -2.69. The molecule has 0 fully saturated rings. The average molecular weight is 341 g/mol. The van der Waals surface area contributed by atoms with Gasteiger partial charge >= 0.3 is 0 Å². The second-order valence-electron chi connectivity index (χ2n) is 5.98. The van der Waals surface area contributed by atoms with Crippen molar-refractivity contribution in [3.8, 4) is 11.5 Å². The first-order valence-corrected chi connectivity index (χ1v) is 8.39. The van der Waals surface area contributed by atoms with Crippen molar-refractivity contribution >= 4 is 5.96 Å². The first kappa shape index (κ1) is 18.6. The maximum absolute atomic E-state index is 5.97. The number of hydrogen-bond donors (Lipinski definition) is 1. The van der Waals surface area contributed by atoms with Crippen molar-refractivity contribution in [2.24, 2.45) is 4.99 Å². The average Bonchev–Trinajstić information content (AvgIpc) is 2.62. The van der Waals surface area contributed by atoms with E-state index in [0.29, 0.717) is 13.1 Å². The summed E-state index contributed by atoms with van der Waals surface area (Å²) in [5.41, 5.74) is 1.18. The third-order valence-corrected chi connectivity index (χ3v) is 3.62. The molecule has 2 aromatic rings. The fraction of sp³-hybridized carbons (Fsp3) is 0.350. The van der Waals surface area contributed by atoms with E-state index in [1.54, 1.807) is 7.11 Å². The van der Waals surface area contributed by atoms with Crippen LogP contribution in [0.5, 0.6) is 11.5 Å². The molecular weight excluding hydrogens is 314 g/mol. The van der Waals surface area contributed by atoms with E-state index in [2.05, 4.69) is 22.4 Å². The van der Waals surface area contributed by atoms with Gasteiger partial charge in [0.2, 0.25) is 0 Å². The number of hydrogen-bond acceptors (Lipinski definition) is 3. The van der Waals surface area contributed by atoms with Crippen LogP contribution in [0.4, 0.5) is 0 Å². The molecular formula is C20H27N3O2. The third-order valence-electron chi connectivity index (χ3n) is 3.62. The maximum atomic E-state index is 5.97. The summed E-state index contributed by atoms with van der Waals surface area (Å²) >= 11 is 0. The SMILES string of the molecule is COc1ccccc1OC(C)CNC(=NCc1ccccc1)N(C)C. The van der Waals surface area contributed by atoms with Crippen LogP contribution in [0.15, 0.2) is 59.6 Å². The Morgan fingerprint density at radius 3 is 2.32 bits per heavy atom. The second kappa shape index (κ2) is 9.57. The largest absolute Gasteiger partial charge is 0.493 e. The van der Waals surface area contributed by atoms with Gasteiger partial charge in [-0.2, -0.15) is 0 Å². The van der Waals surface area contributed by atoms with Crippen molar-refractivity contribution < 1.29 is 9.47 Å². The smallest absolute Gasteiger partial charge is 0.193 e. The molecule has 0 saturated heterocycles. The standard InChI is InChI=1S/C20H27N3O2/c1-16(25-19-13-9-8-12-18(19)24-4)14-21-20(23(2)3)22-15-17-10-6-5-7-11-17/h5-13,16H,14-15H2,1-4H3,(H,21,22). The van der Waals surface area contributed by atoms with Gasteiger partial charge in [-0.25, -0.2) is 4.99 Å². The summed E-state index contributed by atoms with van der Waals surface area (Å²) in [4.78, 5) is 6.63. The van der Waals surface area contributed by atoms with Crippen LogP contribution < -0.4 is 14.8 Å². The van der Waals surface area contributed by atoms with Crippen LogP contribution in [0.1, 0.15) is 12.5 Å². The van der Waals surface area contributed by atoms with Crippen LogP contribution >= 0.6 is 0 Å². The molecule has 1 unspecified atom stereocenters. The van der Waals surface area contributed by atoms with Crippen LogP contribution in [-0.4, -0.2) is 44.7 Å². The minimum absolute atomic E-state index is 0.0295. The van der Waals surface area contributed by atoms with E-state index in [-0.39, 0.29) is 6.10 Å². The van der Waals surface area contributed by atoms with Crippen molar-refractivity contribution in [1.82, 2.24) is 10.2 Å². The Kier molecular flexibility index (Phi) is 7.14. The molecule has 0 bridgehead atoms. The summed E-state index contributed by atoms with van der Waals surface area (Å²) in [6, 6.07) is 17.9. The maximum Gasteiger partial charge on any atom is 0.193 e. The molecule has 1 N–H and O–H groups in total. The van der Waals surface area contributed by atoms with E-state index in [1.807, 2.05) is 68.4 Å². The molecule has 2 aromatic carbocycles. The van der Waals surface area contributed by atoms with Gasteiger partial charge in [-0.05, 0) is 24.6 Å². The highest BCUT2D eigenvalue weighted by molar-refractivity contribution is 5.79. The predicted molar refractivity (Wildman–Crippen MR) is 102 cm³/mol. The molecule has 2 rings (SSSR count). The Balaban J connectivity index is 1.91. The van der Waals surface area contributed by atoms with Gasteiger partial charge in [0, 0.05) is 14.1 Å². The predicted octanol–water partition coefficient (Wildman–Crippen LogP) is 3.17. The van der Waals surface area contributed by atoms with Crippen LogP contribution in [0, 0.1) is 0 Å². The fourth-order valence-electron chi connectivity index (χ4n) is 2.31. The molecule has 0 radical (unpaired) electrons. The fourth-order valence-corrected chi connectivity index (χ4v) is 2.31. The summed E-state index contributed by atoms with van der Waals surface area (Å²) in [6.07, 6.45) is -0.0295. The summed E-state index contributed by atoms with van der Waals surface area (Å²) in [5, 5.41) is 3.36. The van der Waals surface area contributed by atoms with Crippen LogP contribution in [0.2, 0.25) is 0 Å². The molecule has 0 amide bonds. The monoisotopic (exact) mass is 341 g/mol. The van der Waals surface area contributed by atoms with Crippen molar-refractivity contribution in [2.45, 2.75) is 19.6 Å². The molecule has 1 atom stereocenters. The Morgan fingerprint density at radius 1 is 1.04 bits per heavy atom. The van der Waals surface area contributed by atoms with Gasteiger partial charge < -0.3 is 19.7 Å². The lowest BCUT2D eigenvalue weighted by atomic mass is 10.2. The number of benzene rings is 2. The highest BCUT2D eigenvalue weighted by Gasteiger charge is 2.10. The van der Waals surface area contributed by atoms with E-state index < -0.39 is 0 Å². The van der Waals surface area contributed by atoms with E-state index in [0.717, 1.165) is 17.5 Å². The quantitative estimate of drug-likeness (QED) is 0.621. The first-order valence-electron chi connectivity index (χ1n) is 8.39. The second-order valence-corrected chi connectivity index (χ2v) is 5.98. The minimum atomic E-state index is -0.0295. The summed E-state index contributed by atoms with van der Waals surface area (Å²) in [5.74, 6) is 2.31. The molecule has 5 heteroatoms. The molecule has 0 aliphatic carbocycles. The summed E-state index contributed by atoms with van der Waals surface area (Å²) < 4.78 is 11.3. The topological polar surface area (TPSA) is 46.1 Å². The normalized spacial score (nSPS) is 12.4. The van der Waals surface area contributed by atoms with Gasteiger partial charge in [0.25, 0.3) is 0 Å². The zero-order chi connectivity index (χ0) is 18.1. The van der Waals surface area contributed by atoms with Crippen molar-refractivity contribution in [1.29, 1.82) is 0 Å². The Bertz CT molecular complexity index is 672. The Morgan fingerprint density at radius 2 is 1.68 bits per heavy atom. The number of guanidine groups is 1. The number of aliphatic imine (C=N–C) groups is 1. The van der Waals surface area contributed by atoms with Gasteiger partial charge in [0.15, 0.2) is 17.5 Å². The molecule has 0 spiro atoms.